The molecular weight excluding hydrogens is 347 g/mol. The van der Waals surface area contributed by atoms with Gasteiger partial charge in [-0.2, -0.15) is 23.4 Å². The predicted octanol–water partition coefficient (Wildman–Crippen LogP) is 2.89. The van der Waals surface area contributed by atoms with E-state index in [1.807, 2.05) is 6.92 Å². The van der Waals surface area contributed by atoms with Crippen LogP contribution in [-0.2, 0) is 26.3 Å². The highest BCUT2D eigenvalue weighted by molar-refractivity contribution is 6.34. The number of carbonyl (C=O) groups excluding carboxylic acids is 1. The number of hydrogen-bond acceptors (Lipinski definition) is 3. The van der Waals surface area contributed by atoms with Crippen LogP contribution in [-0.4, -0.2) is 37.4 Å². The van der Waals surface area contributed by atoms with Crippen LogP contribution >= 0.6 is 11.6 Å². The Kier molecular flexibility index (Phi) is 4.93. The van der Waals surface area contributed by atoms with E-state index < -0.39 is 28.5 Å². The topological polar surface area (TPSA) is 56.0 Å². The van der Waals surface area contributed by atoms with Gasteiger partial charge < -0.3 is 4.90 Å². The number of hydrogen-bond donors (Lipinski definition) is 0. The largest absolute Gasteiger partial charge is 0.434 e. The third kappa shape index (κ3) is 3.40. The molecule has 24 heavy (non-hydrogen) atoms. The minimum absolute atomic E-state index is 0.193. The van der Waals surface area contributed by atoms with Crippen molar-refractivity contribution in [3.8, 4) is 0 Å². The van der Waals surface area contributed by atoms with Crippen molar-refractivity contribution in [3.05, 3.63) is 33.9 Å². The molecule has 0 N–H and O–H groups in total. The molecule has 0 aliphatic carbocycles. The molecule has 0 saturated carbocycles. The first-order valence-electron chi connectivity index (χ1n) is 7.14. The lowest BCUT2D eigenvalue weighted by atomic mass is 10.2. The molecule has 0 aliphatic heterocycles. The SMILES string of the molecule is CCn1cc(CN(C)C(=O)c2nn(C)c(C(F)(F)F)c2Cl)c(C)n1. The minimum atomic E-state index is -4.69. The zero-order valence-corrected chi connectivity index (χ0v) is 14.4. The molecule has 0 unspecified atom stereocenters. The summed E-state index contributed by atoms with van der Waals surface area (Å²) in [7, 11) is 2.57. The van der Waals surface area contributed by atoms with E-state index in [9.17, 15) is 18.0 Å². The fourth-order valence-corrected chi connectivity index (χ4v) is 2.68. The van der Waals surface area contributed by atoms with Gasteiger partial charge in [-0.1, -0.05) is 11.6 Å². The van der Waals surface area contributed by atoms with E-state index in [2.05, 4.69) is 10.2 Å². The smallest absolute Gasteiger partial charge is 0.336 e. The number of alkyl halides is 3. The second-order valence-corrected chi connectivity index (χ2v) is 5.77. The van der Waals surface area contributed by atoms with E-state index in [0.717, 1.165) is 18.3 Å². The molecule has 0 aliphatic rings. The Morgan fingerprint density at radius 3 is 2.46 bits per heavy atom. The van der Waals surface area contributed by atoms with E-state index in [1.54, 1.807) is 17.8 Å². The van der Waals surface area contributed by atoms with Crippen molar-refractivity contribution >= 4 is 17.5 Å². The molecule has 0 radical (unpaired) electrons. The lowest BCUT2D eigenvalue weighted by Gasteiger charge is -2.15. The Bertz CT molecular complexity index is 765. The van der Waals surface area contributed by atoms with Crippen LogP contribution in [0.15, 0.2) is 6.20 Å². The first-order valence-corrected chi connectivity index (χ1v) is 7.52. The summed E-state index contributed by atoms with van der Waals surface area (Å²) in [5, 5.41) is 7.21. The molecule has 0 fully saturated rings. The van der Waals surface area contributed by atoms with Crippen molar-refractivity contribution in [2.45, 2.75) is 33.1 Å². The van der Waals surface area contributed by atoms with Crippen molar-refractivity contribution in [2.75, 3.05) is 7.05 Å². The molecular formula is C14H17ClF3N5O. The van der Waals surface area contributed by atoms with Gasteiger partial charge >= 0.3 is 6.18 Å². The predicted molar refractivity (Wildman–Crippen MR) is 81.7 cm³/mol. The molecule has 10 heteroatoms. The molecule has 0 bridgehead atoms. The molecule has 0 saturated heterocycles. The Hall–Kier alpha value is -2.03. The molecule has 2 aromatic heterocycles. The second-order valence-electron chi connectivity index (χ2n) is 5.39. The van der Waals surface area contributed by atoms with Crippen LogP contribution in [0.1, 0.15) is 34.4 Å². The first kappa shape index (κ1) is 18.3. The Balaban J connectivity index is 2.27. The lowest BCUT2D eigenvalue weighted by molar-refractivity contribution is -0.143. The van der Waals surface area contributed by atoms with Crippen molar-refractivity contribution in [3.63, 3.8) is 0 Å². The van der Waals surface area contributed by atoms with Gasteiger partial charge in [0, 0.05) is 38.9 Å². The molecule has 0 spiro atoms. The number of amides is 1. The fraction of sp³-hybridized carbons (Fsp3) is 0.500. The van der Waals surface area contributed by atoms with Gasteiger partial charge in [0.15, 0.2) is 11.4 Å². The summed E-state index contributed by atoms with van der Waals surface area (Å²) in [5.74, 6) is -0.685. The molecule has 0 atom stereocenters. The Morgan fingerprint density at radius 2 is 2.00 bits per heavy atom. The highest BCUT2D eigenvalue weighted by atomic mass is 35.5. The number of rotatable bonds is 4. The number of aromatic nitrogens is 4. The molecule has 0 aromatic carbocycles. The zero-order chi connectivity index (χ0) is 18.2. The lowest BCUT2D eigenvalue weighted by Crippen LogP contribution is -2.27. The van der Waals surface area contributed by atoms with Gasteiger partial charge in [-0.15, -0.1) is 0 Å². The van der Waals surface area contributed by atoms with Gasteiger partial charge in [-0.3, -0.25) is 14.2 Å². The average molecular weight is 364 g/mol. The van der Waals surface area contributed by atoms with Crippen LogP contribution in [0.25, 0.3) is 0 Å². The molecule has 132 valence electrons. The van der Waals surface area contributed by atoms with Crippen molar-refractivity contribution < 1.29 is 18.0 Å². The fourth-order valence-electron chi connectivity index (χ4n) is 2.33. The summed E-state index contributed by atoms with van der Waals surface area (Å²) in [6.45, 7) is 4.60. The van der Waals surface area contributed by atoms with Gasteiger partial charge in [0.05, 0.1) is 5.69 Å². The van der Waals surface area contributed by atoms with Crippen molar-refractivity contribution in [1.29, 1.82) is 0 Å². The van der Waals surface area contributed by atoms with Crippen LogP contribution in [0, 0.1) is 6.92 Å². The standard InChI is InChI=1S/C14H17ClF3N5O/c1-5-23-7-9(8(2)19-23)6-21(3)13(24)11-10(15)12(14(16,17)18)22(4)20-11/h7H,5-6H2,1-4H3. The van der Waals surface area contributed by atoms with Crippen molar-refractivity contribution in [1.82, 2.24) is 24.5 Å². The van der Waals surface area contributed by atoms with Gasteiger partial charge in [0.25, 0.3) is 5.91 Å². The Morgan fingerprint density at radius 1 is 1.38 bits per heavy atom. The molecule has 2 rings (SSSR count). The number of nitrogens with zero attached hydrogens (tertiary/aromatic N) is 5. The summed E-state index contributed by atoms with van der Waals surface area (Å²) in [6.07, 6.45) is -2.89. The highest BCUT2D eigenvalue weighted by Gasteiger charge is 2.40. The minimum Gasteiger partial charge on any atom is -0.336 e. The van der Waals surface area contributed by atoms with Gasteiger partial charge in [0.1, 0.15) is 5.02 Å². The average Bonchev–Trinajstić information content (AvgIpc) is 2.97. The third-order valence-electron chi connectivity index (χ3n) is 3.59. The maximum atomic E-state index is 12.9. The summed E-state index contributed by atoms with van der Waals surface area (Å²) in [5.41, 5.74) is -0.0131. The number of halogens is 4. The molecule has 2 heterocycles. The maximum absolute atomic E-state index is 12.9. The summed E-state index contributed by atoms with van der Waals surface area (Å²) in [4.78, 5) is 13.7. The summed E-state index contributed by atoms with van der Waals surface area (Å²) < 4.78 is 41.1. The van der Waals surface area contributed by atoms with Crippen molar-refractivity contribution in [2.24, 2.45) is 7.05 Å². The van der Waals surface area contributed by atoms with E-state index in [0.29, 0.717) is 11.2 Å². The first-order chi connectivity index (χ1) is 11.1. The third-order valence-corrected chi connectivity index (χ3v) is 3.94. The maximum Gasteiger partial charge on any atom is 0.434 e. The number of aryl methyl sites for hydroxylation is 3. The zero-order valence-electron chi connectivity index (χ0n) is 13.6. The Labute approximate surface area is 141 Å². The normalized spacial score (nSPS) is 11.8. The van der Waals surface area contributed by atoms with Crippen LogP contribution in [0.5, 0.6) is 0 Å². The van der Waals surface area contributed by atoms with Crippen LogP contribution in [0.3, 0.4) is 0 Å². The van der Waals surface area contributed by atoms with E-state index in [-0.39, 0.29) is 6.54 Å². The van der Waals surface area contributed by atoms with E-state index >= 15 is 0 Å². The molecule has 2 aromatic rings. The number of carbonyl (C=O) groups is 1. The monoisotopic (exact) mass is 363 g/mol. The van der Waals surface area contributed by atoms with Crippen LogP contribution in [0.4, 0.5) is 13.2 Å². The van der Waals surface area contributed by atoms with Gasteiger partial charge in [0.2, 0.25) is 0 Å². The van der Waals surface area contributed by atoms with E-state index in [4.69, 9.17) is 11.6 Å². The quantitative estimate of drug-likeness (QED) is 0.839. The van der Waals surface area contributed by atoms with E-state index in [1.165, 1.54) is 11.9 Å². The van der Waals surface area contributed by atoms with Crippen LogP contribution < -0.4 is 0 Å². The summed E-state index contributed by atoms with van der Waals surface area (Å²) >= 11 is 5.75. The second kappa shape index (κ2) is 6.46. The summed E-state index contributed by atoms with van der Waals surface area (Å²) in [6, 6.07) is 0. The molecule has 6 nitrogen and oxygen atoms in total. The van der Waals surface area contributed by atoms with Gasteiger partial charge in [-0.25, -0.2) is 0 Å². The van der Waals surface area contributed by atoms with Gasteiger partial charge in [-0.05, 0) is 13.8 Å². The highest BCUT2D eigenvalue weighted by Crippen LogP contribution is 2.36. The van der Waals surface area contributed by atoms with Crippen LogP contribution in [0.2, 0.25) is 5.02 Å². The molecule has 1 amide bonds.